The van der Waals surface area contributed by atoms with E-state index in [0.717, 1.165) is 33.4 Å². The van der Waals surface area contributed by atoms with E-state index in [9.17, 15) is 4.79 Å². The van der Waals surface area contributed by atoms with Gasteiger partial charge in [0.2, 0.25) is 5.75 Å². The summed E-state index contributed by atoms with van der Waals surface area (Å²) in [5.41, 5.74) is 6.23. The Bertz CT molecular complexity index is 2220. The first-order valence-electron chi connectivity index (χ1n) is 19.0. The zero-order valence-corrected chi connectivity index (χ0v) is 31.6. The number of carbonyl (C=O) groups is 1. The van der Waals surface area contributed by atoms with Crippen molar-refractivity contribution >= 4 is 5.97 Å². The molecule has 0 spiro atoms. The molecule has 0 saturated carbocycles. The third kappa shape index (κ3) is 11.5. The summed E-state index contributed by atoms with van der Waals surface area (Å²) in [5.74, 6) is 1.89. The molecule has 7 aromatic carbocycles. The highest BCUT2D eigenvalue weighted by Crippen LogP contribution is 2.41. The van der Waals surface area contributed by atoms with Gasteiger partial charge in [-0.25, -0.2) is 4.79 Å². The number of hydrogen-bond acceptors (Lipinski definition) is 7. The van der Waals surface area contributed by atoms with Gasteiger partial charge in [-0.2, -0.15) is 0 Å². The smallest absolute Gasteiger partial charge is 0.338 e. The van der Waals surface area contributed by atoms with Crippen molar-refractivity contribution < 1.29 is 33.2 Å². The van der Waals surface area contributed by atoms with Gasteiger partial charge < -0.3 is 28.4 Å². The maximum Gasteiger partial charge on any atom is 0.338 e. The van der Waals surface area contributed by atoms with E-state index in [-0.39, 0.29) is 32.0 Å². The van der Waals surface area contributed by atoms with Crippen molar-refractivity contribution in [2.75, 3.05) is 6.61 Å². The highest BCUT2D eigenvalue weighted by atomic mass is 16.5. The molecule has 7 nitrogen and oxygen atoms in total. The average Bonchev–Trinajstić information content (AvgIpc) is 3.27. The molecule has 0 saturated heterocycles. The zero-order chi connectivity index (χ0) is 38.9. The lowest BCUT2D eigenvalue weighted by atomic mass is 10.1. The van der Waals surface area contributed by atoms with E-state index >= 15 is 0 Å². The highest BCUT2D eigenvalue weighted by Gasteiger charge is 2.21. The summed E-state index contributed by atoms with van der Waals surface area (Å²) in [6.45, 7) is 1.73. The summed E-state index contributed by atoms with van der Waals surface area (Å²) < 4.78 is 37.5. The maximum absolute atomic E-state index is 13.8. The van der Waals surface area contributed by atoms with Crippen molar-refractivity contribution in [3.63, 3.8) is 0 Å². The molecule has 286 valence electrons. The molecule has 57 heavy (non-hydrogen) atoms. The number of hydrogen-bond donors (Lipinski definition) is 0. The Kier molecular flexibility index (Phi) is 13.5. The molecule has 0 amide bonds. The molecule has 0 radical (unpaired) electrons. The van der Waals surface area contributed by atoms with E-state index < -0.39 is 5.97 Å². The molecule has 0 aliphatic heterocycles. The molecule has 0 aliphatic rings. The SMILES string of the molecule is O=C(OCCc1ccc(OCc2ccccc2)c(OCc2ccccc2)c1)c1cc(OCc2ccccc2)c(OCc2ccccc2)c(OCc2ccccc2)c1. The van der Waals surface area contributed by atoms with Crippen LogP contribution in [0.15, 0.2) is 182 Å². The van der Waals surface area contributed by atoms with Crippen LogP contribution in [-0.4, -0.2) is 12.6 Å². The minimum Gasteiger partial charge on any atom is -0.485 e. The molecule has 0 atom stereocenters. The van der Waals surface area contributed by atoms with Gasteiger partial charge >= 0.3 is 5.97 Å². The zero-order valence-electron chi connectivity index (χ0n) is 31.6. The molecule has 0 heterocycles. The fourth-order valence-corrected chi connectivity index (χ4v) is 6.01. The van der Waals surface area contributed by atoms with Crippen molar-refractivity contribution in [2.45, 2.75) is 39.5 Å². The minimum atomic E-state index is -0.512. The van der Waals surface area contributed by atoms with Crippen molar-refractivity contribution in [3.05, 3.63) is 221 Å². The molecule has 0 unspecified atom stereocenters. The van der Waals surface area contributed by atoms with E-state index in [1.165, 1.54) is 0 Å². The number of ether oxygens (including phenoxy) is 6. The van der Waals surface area contributed by atoms with Crippen LogP contribution in [0.25, 0.3) is 0 Å². The van der Waals surface area contributed by atoms with E-state index in [0.29, 0.717) is 48.4 Å². The lowest BCUT2D eigenvalue weighted by Gasteiger charge is -2.19. The van der Waals surface area contributed by atoms with Gasteiger partial charge in [0.15, 0.2) is 23.0 Å². The van der Waals surface area contributed by atoms with Crippen LogP contribution < -0.4 is 23.7 Å². The summed E-state index contributed by atoms with van der Waals surface area (Å²) in [6.07, 6.45) is 0.458. The Morgan fingerprint density at radius 2 is 0.719 bits per heavy atom. The second-order valence-electron chi connectivity index (χ2n) is 13.3. The first-order valence-corrected chi connectivity index (χ1v) is 19.0. The van der Waals surface area contributed by atoms with E-state index in [2.05, 4.69) is 0 Å². The highest BCUT2D eigenvalue weighted by molar-refractivity contribution is 5.91. The largest absolute Gasteiger partial charge is 0.485 e. The van der Waals surface area contributed by atoms with Gasteiger partial charge in [-0.15, -0.1) is 0 Å². The topological polar surface area (TPSA) is 72.5 Å². The van der Waals surface area contributed by atoms with Crippen LogP contribution in [-0.2, 0) is 44.2 Å². The molecular weight excluding hydrogens is 713 g/mol. The number of esters is 1. The average molecular weight is 757 g/mol. The summed E-state index contributed by atoms with van der Waals surface area (Å²) in [7, 11) is 0. The van der Waals surface area contributed by atoms with Crippen molar-refractivity contribution in [1.29, 1.82) is 0 Å². The predicted octanol–water partition coefficient (Wildman–Crippen LogP) is 11.0. The van der Waals surface area contributed by atoms with Gasteiger partial charge in [-0.1, -0.05) is 158 Å². The van der Waals surface area contributed by atoms with Crippen LogP contribution in [0.1, 0.15) is 43.7 Å². The number of carbonyl (C=O) groups excluding carboxylic acids is 1. The molecule has 7 rings (SSSR count). The Morgan fingerprint density at radius 1 is 0.351 bits per heavy atom. The summed E-state index contributed by atoms with van der Waals surface area (Å²) in [6, 6.07) is 58.7. The maximum atomic E-state index is 13.8. The van der Waals surface area contributed by atoms with Crippen molar-refractivity contribution in [2.24, 2.45) is 0 Å². The third-order valence-electron chi connectivity index (χ3n) is 9.06. The van der Waals surface area contributed by atoms with E-state index in [1.807, 2.05) is 170 Å². The number of benzene rings is 7. The van der Waals surface area contributed by atoms with E-state index in [4.69, 9.17) is 28.4 Å². The third-order valence-corrected chi connectivity index (χ3v) is 9.06. The predicted molar refractivity (Wildman–Crippen MR) is 221 cm³/mol. The molecule has 0 aliphatic carbocycles. The second-order valence-corrected chi connectivity index (χ2v) is 13.3. The van der Waals surface area contributed by atoms with Gasteiger partial charge in [0.25, 0.3) is 0 Å². The van der Waals surface area contributed by atoms with Crippen LogP contribution in [0.4, 0.5) is 0 Å². The second kappa shape index (κ2) is 20.1. The Morgan fingerprint density at radius 3 is 1.14 bits per heavy atom. The van der Waals surface area contributed by atoms with Crippen LogP contribution in [0.3, 0.4) is 0 Å². The monoisotopic (exact) mass is 756 g/mol. The van der Waals surface area contributed by atoms with Gasteiger partial charge in [0.05, 0.1) is 12.2 Å². The van der Waals surface area contributed by atoms with Crippen molar-refractivity contribution in [3.8, 4) is 28.7 Å². The summed E-state index contributed by atoms with van der Waals surface area (Å²) >= 11 is 0. The standard InChI is InChI=1S/C50H44O7/c51-50(52-29-28-38-26-27-45(53-33-39-16-6-1-7-17-39)46(30-38)54-34-40-18-8-2-9-19-40)44-31-47(55-35-41-20-10-3-11-21-41)49(57-37-43-24-14-5-15-25-43)48(32-44)56-36-42-22-12-4-13-23-42/h1-27,30-32H,28-29,33-37H2. The van der Waals surface area contributed by atoms with Gasteiger partial charge in [-0.05, 0) is 57.6 Å². The lowest BCUT2D eigenvalue weighted by molar-refractivity contribution is 0.0508. The first-order chi connectivity index (χ1) is 28.2. The van der Waals surface area contributed by atoms with Gasteiger partial charge in [-0.3, -0.25) is 0 Å². The molecule has 0 aromatic heterocycles. The Labute approximate surface area is 334 Å². The van der Waals surface area contributed by atoms with Crippen LogP contribution in [0, 0.1) is 0 Å². The van der Waals surface area contributed by atoms with Crippen LogP contribution >= 0.6 is 0 Å². The molecular formula is C50H44O7. The molecule has 7 heteroatoms. The van der Waals surface area contributed by atoms with Crippen molar-refractivity contribution in [1.82, 2.24) is 0 Å². The van der Waals surface area contributed by atoms with Gasteiger partial charge in [0.1, 0.15) is 33.0 Å². The molecule has 0 fully saturated rings. The minimum absolute atomic E-state index is 0.133. The number of rotatable bonds is 19. The fourth-order valence-electron chi connectivity index (χ4n) is 6.01. The molecule has 0 bridgehead atoms. The van der Waals surface area contributed by atoms with E-state index in [1.54, 1.807) is 12.1 Å². The normalized spacial score (nSPS) is 10.7. The molecule has 0 N–H and O–H groups in total. The first kappa shape index (κ1) is 38.3. The Hall–Kier alpha value is -6.99. The fraction of sp³-hybridized carbons (Fsp3) is 0.140. The summed E-state index contributed by atoms with van der Waals surface area (Å²) in [5, 5.41) is 0. The summed E-state index contributed by atoms with van der Waals surface area (Å²) in [4.78, 5) is 13.8. The molecule has 7 aromatic rings. The Balaban J connectivity index is 1.09. The lowest BCUT2D eigenvalue weighted by Crippen LogP contribution is -2.11. The van der Waals surface area contributed by atoms with Crippen LogP contribution in [0.5, 0.6) is 28.7 Å². The van der Waals surface area contributed by atoms with Crippen LogP contribution in [0.2, 0.25) is 0 Å². The quantitative estimate of drug-likeness (QED) is 0.0761. The van der Waals surface area contributed by atoms with Gasteiger partial charge in [0, 0.05) is 6.42 Å².